The van der Waals surface area contributed by atoms with Crippen LogP contribution in [0.5, 0.6) is 11.5 Å². The van der Waals surface area contributed by atoms with E-state index in [2.05, 4.69) is 5.32 Å². The number of furan rings is 1. The van der Waals surface area contributed by atoms with E-state index in [0.717, 1.165) is 12.3 Å². The molecule has 146 valence electrons. The molecular weight excluding hydrogens is 378 g/mol. The number of carbonyl (C=O) groups is 2. The lowest BCUT2D eigenvalue weighted by atomic mass is 10.0. The maximum atomic E-state index is 12.4. The lowest BCUT2D eigenvalue weighted by Crippen LogP contribution is -2.30. The lowest BCUT2D eigenvalue weighted by Gasteiger charge is -2.20. The molecule has 10 heteroatoms. The summed E-state index contributed by atoms with van der Waals surface area (Å²) < 4.78 is 38.3. The van der Waals surface area contributed by atoms with Crippen LogP contribution < -0.4 is 14.8 Å². The molecule has 1 amide bonds. The SMILES string of the molecule is COc1ccc(C(CC(=O)O)NC(=O)c2ccc(S(C)(=O)=O)o2)c(OC)c1. The number of ether oxygens (including phenoxy) is 2. The largest absolute Gasteiger partial charge is 0.497 e. The molecule has 1 unspecified atom stereocenters. The molecule has 9 nitrogen and oxygen atoms in total. The molecule has 2 rings (SSSR count). The van der Waals surface area contributed by atoms with E-state index in [9.17, 15) is 23.1 Å². The van der Waals surface area contributed by atoms with Crippen LogP contribution in [0.1, 0.15) is 28.6 Å². The van der Waals surface area contributed by atoms with Gasteiger partial charge in [-0.2, -0.15) is 0 Å². The van der Waals surface area contributed by atoms with Gasteiger partial charge in [-0.05, 0) is 24.3 Å². The number of rotatable bonds is 8. The topological polar surface area (TPSA) is 132 Å². The Bertz CT molecular complexity index is 948. The Morgan fingerprint density at radius 3 is 2.41 bits per heavy atom. The third-order valence-corrected chi connectivity index (χ3v) is 4.62. The first kappa shape index (κ1) is 20.3. The summed E-state index contributed by atoms with van der Waals surface area (Å²) in [5, 5.41) is 11.4. The second kappa shape index (κ2) is 8.12. The predicted octanol–water partition coefficient (Wildman–Crippen LogP) is 1.65. The number of hydrogen-bond donors (Lipinski definition) is 2. The van der Waals surface area contributed by atoms with Crippen LogP contribution in [0, 0.1) is 0 Å². The molecule has 0 fully saturated rings. The predicted molar refractivity (Wildman–Crippen MR) is 93.8 cm³/mol. The molecule has 0 bridgehead atoms. The molecule has 0 aliphatic heterocycles. The van der Waals surface area contributed by atoms with Crippen molar-refractivity contribution in [2.45, 2.75) is 17.6 Å². The van der Waals surface area contributed by atoms with E-state index in [1.807, 2.05) is 0 Å². The molecule has 2 N–H and O–H groups in total. The van der Waals surface area contributed by atoms with E-state index in [1.54, 1.807) is 18.2 Å². The van der Waals surface area contributed by atoms with Crippen molar-refractivity contribution >= 4 is 21.7 Å². The minimum absolute atomic E-state index is 0.252. The van der Waals surface area contributed by atoms with E-state index in [4.69, 9.17) is 13.9 Å². The minimum Gasteiger partial charge on any atom is -0.497 e. The van der Waals surface area contributed by atoms with Crippen molar-refractivity contribution in [1.29, 1.82) is 0 Å². The van der Waals surface area contributed by atoms with Crippen LogP contribution in [0.15, 0.2) is 39.8 Å². The number of methoxy groups -OCH3 is 2. The molecule has 0 aliphatic carbocycles. The number of sulfone groups is 1. The molecule has 1 atom stereocenters. The van der Waals surface area contributed by atoms with Crippen molar-refractivity contribution in [1.82, 2.24) is 5.32 Å². The fourth-order valence-corrected chi connectivity index (χ4v) is 2.95. The van der Waals surface area contributed by atoms with Gasteiger partial charge in [-0.15, -0.1) is 0 Å². The summed E-state index contributed by atoms with van der Waals surface area (Å²) in [5.41, 5.74) is 0.420. The Labute approximate surface area is 155 Å². The second-order valence-electron chi connectivity index (χ2n) is 5.62. The third-order valence-electron chi connectivity index (χ3n) is 3.67. The molecule has 0 saturated carbocycles. The van der Waals surface area contributed by atoms with Gasteiger partial charge < -0.3 is 24.3 Å². The van der Waals surface area contributed by atoms with Gasteiger partial charge in [0.05, 0.1) is 26.7 Å². The number of hydrogen-bond acceptors (Lipinski definition) is 7. The van der Waals surface area contributed by atoms with Crippen molar-refractivity contribution in [2.75, 3.05) is 20.5 Å². The average Bonchev–Trinajstić information content (AvgIpc) is 3.10. The van der Waals surface area contributed by atoms with E-state index < -0.39 is 34.2 Å². The molecule has 1 aromatic heterocycles. The first-order valence-corrected chi connectivity index (χ1v) is 9.59. The highest BCUT2D eigenvalue weighted by Crippen LogP contribution is 2.31. The Morgan fingerprint density at radius 1 is 1.19 bits per heavy atom. The minimum atomic E-state index is -3.61. The van der Waals surface area contributed by atoms with Crippen molar-refractivity contribution in [2.24, 2.45) is 0 Å². The molecule has 2 aromatic rings. The zero-order chi connectivity index (χ0) is 20.2. The van der Waals surface area contributed by atoms with Crippen molar-refractivity contribution < 1.29 is 37.0 Å². The maximum Gasteiger partial charge on any atom is 0.305 e. The zero-order valence-corrected chi connectivity index (χ0v) is 15.7. The molecule has 1 heterocycles. The zero-order valence-electron chi connectivity index (χ0n) is 14.9. The van der Waals surface area contributed by atoms with Crippen molar-refractivity contribution in [3.8, 4) is 11.5 Å². The third kappa shape index (κ3) is 5.00. The fourth-order valence-electron chi connectivity index (χ4n) is 2.39. The second-order valence-corrected chi connectivity index (χ2v) is 7.57. The summed E-state index contributed by atoms with van der Waals surface area (Å²) in [7, 11) is -0.729. The van der Waals surface area contributed by atoms with Crippen molar-refractivity contribution in [3.05, 3.63) is 41.7 Å². The van der Waals surface area contributed by atoms with E-state index >= 15 is 0 Å². The lowest BCUT2D eigenvalue weighted by molar-refractivity contribution is -0.137. The summed E-state index contributed by atoms with van der Waals surface area (Å²) >= 11 is 0. The molecule has 0 spiro atoms. The average molecular weight is 397 g/mol. The Balaban J connectivity index is 2.33. The molecule has 0 radical (unpaired) electrons. The standard InChI is InChI=1S/C17H19NO8S/c1-24-10-4-5-11(14(8-10)25-2)12(9-15(19)20)18-17(21)13-6-7-16(26-13)27(3,22)23/h4-8,12H,9H2,1-3H3,(H,18,21)(H,19,20). The van der Waals surface area contributed by atoms with Gasteiger partial charge in [0.15, 0.2) is 5.76 Å². The normalized spacial score (nSPS) is 12.3. The molecule has 27 heavy (non-hydrogen) atoms. The van der Waals surface area contributed by atoms with Crippen LogP contribution in [0.3, 0.4) is 0 Å². The van der Waals surface area contributed by atoms with Crippen LogP contribution in [0.2, 0.25) is 0 Å². The molecule has 0 aliphatic rings. The van der Waals surface area contributed by atoms with Gasteiger partial charge >= 0.3 is 5.97 Å². The van der Waals surface area contributed by atoms with Gasteiger partial charge in [0, 0.05) is 17.9 Å². The van der Waals surface area contributed by atoms with Crippen LogP contribution in [0.4, 0.5) is 0 Å². The Morgan fingerprint density at radius 2 is 1.89 bits per heavy atom. The summed E-state index contributed by atoms with van der Waals surface area (Å²) in [6.07, 6.45) is 0.525. The van der Waals surface area contributed by atoms with Gasteiger partial charge in [-0.25, -0.2) is 8.42 Å². The molecular formula is C17H19NO8S. The van der Waals surface area contributed by atoms with E-state index in [-0.39, 0.29) is 10.9 Å². The number of carboxylic acid groups (broad SMARTS) is 1. The van der Waals surface area contributed by atoms with Gasteiger partial charge in [-0.1, -0.05) is 0 Å². The van der Waals surface area contributed by atoms with Crippen molar-refractivity contribution in [3.63, 3.8) is 0 Å². The Hall–Kier alpha value is -3.01. The quantitative estimate of drug-likeness (QED) is 0.687. The number of carboxylic acids is 1. The highest BCUT2D eigenvalue weighted by molar-refractivity contribution is 7.90. The van der Waals surface area contributed by atoms with Crippen LogP contribution in [0.25, 0.3) is 0 Å². The molecule has 1 aromatic carbocycles. The first-order valence-electron chi connectivity index (χ1n) is 7.70. The highest BCUT2D eigenvalue weighted by Gasteiger charge is 2.25. The number of aliphatic carboxylic acids is 1. The monoisotopic (exact) mass is 397 g/mol. The van der Waals surface area contributed by atoms with Gasteiger partial charge in [-0.3, -0.25) is 9.59 Å². The van der Waals surface area contributed by atoms with E-state index in [0.29, 0.717) is 17.1 Å². The summed E-state index contributed by atoms with van der Waals surface area (Å²) in [6, 6.07) is 6.16. The smallest absolute Gasteiger partial charge is 0.305 e. The fraction of sp³-hybridized carbons (Fsp3) is 0.294. The summed E-state index contributed by atoms with van der Waals surface area (Å²) in [6.45, 7) is 0. The van der Waals surface area contributed by atoms with Gasteiger partial charge in [0.2, 0.25) is 14.9 Å². The number of nitrogens with one attached hydrogen (secondary N) is 1. The highest BCUT2D eigenvalue weighted by atomic mass is 32.2. The van der Waals surface area contributed by atoms with Crippen LogP contribution in [-0.2, 0) is 14.6 Å². The number of carbonyl (C=O) groups excluding carboxylic acids is 1. The number of amides is 1. The molecule has 0 saturated heterocycles. The van der Waals surface area contributed by atoms with Crippen LogP contribution >= 0.6 is 0 Å². The van der Waals surface area contributed by atoms with Gasteiger partial charge in [0.1, 0.15) is 11.5 Å². The summed E-state index contributed by atoms with van der Waals surface area (Å²) in [4.78, 5) is 23.7. The van der Waals surface area contributed by atoms with E-state index in [1.165, 1.54) is 20.3 Å². The summed E-state index contributed by atoms with van der Waals surface area (Å²) in [5.74, 6) is -1.32. The maximum absolute atomic E-state index is 12.4. The number of benzene rings is 1. The van der Waals surface area contributed by atoms with Gasteiger partial charge in [0.25, 0.3) is 5.91 Å². The Kier molecular flexibility index (Phi) is 6.11. The van der Waals surface area contributed by atoms with Crippen LogP contribution in [-0.4, -0.2) is 45.9 Å². The first-order chi connectivity index (χ1) is 12.7.